The standard InChI is InChI=1S/C18H20Cl2S/c1-12-5-7-14(18(2,3)4)10-17(12)21-11-13-6-8-15(19)16(20)9-13/h5-10H,11H2,1-4H3. The number of rotatable bonds is 3. The van der Waals surface area contributed by atoms with Crippen molar-refractivity contribution < 1.29 is 0 Å². The van der Waals surface area contributed by atoms with Gasteiger partial charge in [0, 0.05) is 10.6 Å². The lowest BCUT2D eigenvalue weighted by molar-refractivity contribution is 0.588. The average molecular weight is 339 g/mol. The van der Waals surface area contributed by atoms with Crippen molar-refractivity contribution in [3.63, 3.8) is 0 Å². The number of thioether (sulfide) groups is 1. The van der Waals surface area contributed by atoms with E-state index in [1.54, 1.807) is 0 Å². The molecule has 0 aliphatic heterocycles. The highest BCUT2D eigenvalue weighted by atomic mass is 35.5. The zero-order valence-electron chi connectivity index (χ0n) is 12.8. The average Bonchev–Trinajstić information content (AvgIpc) is 2.40. The van der Waals surface area contributed by atoms with Crippen LogP contribution >= 0.6 is 35.0 Å². The maximum Gasteiger partial charge on any atom is 0.0595 e. The lowest BCUT2D eigenvalue weighted by Crippen LogP contribution is -2.11. The van der Waals surface area contributed by atoms with Gasteiger partial charge in [-0.2, -0.15) is 0 Å². The largest absolute Gasteiger partial charge is 0.121 e. The molecule has 2 rings (SSSR count). The third-order valence-corrected chi connectivity index (χ3v) is 5.40. The Morgan fingerprint density at radius 1 is 0.952 bits per heavy atom. The Morgan fingerprint density at radius 3 is 2.29 bits per heavy atom. The molecule has 2 aromatic rings. The normalized spacial score (nSPS) is 11.7. The highest BCUT2D eigenvalue weighted by Crippen LogP contribution is 2.32. The van der Waals surface area contributed by atoms with Crippen LogP contribution in [0, 0.1) is 6.92 Å². The predicted molar refractivity (Wildman–Crippen MR) is 95.9 cm³/mol. The van der Waals surface area contributed by atoms with Crippen LogP contribution in [0.15, 0.2) is 41.3 Å². The van der Waals surface area contributed by atoms with E-state index in [1.165, 1.54) is 21.6 Å². The predicted octanol–water partition coefficient (Wildman–Crippen LogP) is 6.89. The van der Waals surface area contributed by atoms with Gasteiger partial charge in [-0.05, 0) is 47.2 Å². The number of hydrogen-bond acceptors (Lipinski definition) is 1. The molecule has 0 heterocycles. The molecule has 0 nitrogen and oxygen atoms in total. The highest BCUT2D eigenvalue weighted by Gasteiger charge is 2.14. The van der Waals surface area contributed by atoms with E-state index >= 15 is 0 Å². The Kier molecular flexibility index (Phi) is 5.29. The second kappa shape index (κ2) is 6.64. The molecule has 21 heavy (non-hydrogen) atoms. The van der Waals surface area contributed by atoms with Crippen molar-refractivity contribution in [1.82, 2.24) is 0 Å². The van der Waals surface area contributed by atoms with Gasteiger partial charge in [0.25, 0.3) is 0 Å². The molecule has 0 unspecified atom stereocenters. The molecule has 0 atom stereocenters. The minimum absolute atomic E-state index is 0.173. The summed E-state index contributed by atoms with van der Waals surface area (Å²) in [5.41, 5.74) is 4.04. The van der Waals surface area contributed by atoms with Crippen LogP contribution < -0.4 is 0 Å². The first kappa shape index (κ1) is 16.7. The van der Waals surface area contributed by atoms with Crippen LogP contribution in [-0.2, 0) is 11.2 Å². The molecule has 0 spiro atoms. The van der Waals surface area contributed by atoms with E-state index in [2.05, 4.69) is 45.9 Å². The van der Waals surface area contributed by atoms with Gasteiger partial charge in [0.05, 0.1) is 10.0 Å². The molecule has 2 aromatic carbocycles. The SMILES string of the molecule is Cc1ccc(C(C)(C)C)cc1SCc1ccc(Cl)c(Cl)c1. The van der Waals surface area contributed by atoms with Crippen molar-refractivity contribution in [2.45, 2.75) is 43.8 Å². The molecular weight excluding hydrogens is 319 g/mol. The lowest BCUT2D eigenvalue weighted by Gasteiger charge is -2.20. The van der Waals surface area contributed by atoms with Crippen molar-refractivity contribution in [3.05, 3.63) is 63.1 Å². The van der Waals surface area contributed by atoms with Crippen molar-refractivity contribution in [1.29, 1.82) is 0 Å². The fraction of sp³-hybridized carbons (Fsp3) is 0.333. The second-order valence-electron chi connectivity index (χ2n) is 6.27. The second-order valence-corrected chi connectivity index (χ2v) is 8.10. The van der Waals surface area contributed by atoms with E-state index in [0.717, 1.165) is 5.75 Å². The van der Waals surface area contributed by atoms with Crippen LogP contribution in [0.4, 0.5) is 0 Å². The molecule has 0 aliphatic carbocycles. The first-order valence-corrected chi connectivity index (χ1v) is 8.69. The maximum atomic E-state index is 6.07. The minimum atomic E-state index is 0.173. The van der Waals surface area contributed by atoms with Crippen LogP contribution in [0.5, 0.6) is 0 Å². The number of benzene rings is 2. The van der Waals surface area contributed by atoms with E-state index in [1.807, 2.05) is 30.0 Å². The lowest BCUT2D eigenvalue weighted by atomic mass is 9.87. The molecule has 0 amide bonds. The third kappa shape index (κ3) is 4.42. The molecule has 0 radical (unpaired) electrons. The first-order chi connectivity index (χ1) is 9.77. The molecule has 0 saturated heterocycles. The quantitative estimate of drug-likeness (QED) is 0.549. The van der Waals surface area contributed by atoms with E-state index in [-0.39, 0.29) is 5.41 Å². The molecule has 0 N–H and O–H groups in total. The van der Waals surface area contributed by atoms with Gasteiger partial charge in [-0.3, -0.25) is 0 Å². The summed E-state index contributed by atoms with van der Waals surface area (Å²) in [6.45, 7) is 8.88. The van der Waals surface area contributed by atoms with E-state index in [9.17, 15) is 0 Å². The molecule has 0 bridgehead atoms. The molecule has 0 saturated carbocycles. The highest BCUT2D eigenvalue weighted by molar-refractivity contribution is 7.98. The van der Waals surface area contributed by atoms with E-state index in [4.69, 9.17) is 23.2 Å². The van der Waals surface area contributed by atoms with Gasteiger partial charge < -0.3 is 0 Å². The molecule has 0 aromatic heterocycles. The van der Waals surface area contributed by atoms with Gasteiger partial charge in [0.1, 0.15) is 0 Å². The summed E-state index contributed by atoms with van der Waals surface area (Å²) in [6, 6.07) is 12.6. The van der Waals surface area contributed by atoms with Gasteiger partial charge in [-0.15, -0.1) is 11.8 Å². The summed E-state index contributed by atoms with van der Waals surface area (Å²) in [5, 5.41) is 1.23. The summed E-state index contributed by atoms with van der Waals surface area (Å²) in [4.78, 5) is 1.33. The van der Waals surface area contributed by atoms with Crippen LogP contribution in [0.3, 0.4) is 0 Å². The Hall–Kier alpha value is -0.630. The van der Waals surface area contributed by atoms with Crippen molar-refractivity contribution in [3.8, 4) is 0 Å². The van der Waals surface area contributed by atoms with E-state index in [0.29, 0.717) is 10.0 Å². The van der Waals surface area contributed by atoms with Crippen molar-refractivity contribution in [2.24, 2.45) is 0 Å². The summed E-state index contributed by atoms with van der Waals surface area (Å²) in [7, 11) is 0. The Bertz CT molecular complexity index is 642. The Morgan fingerprint density at radius 2 is 1.67 bits per heavy atom. The van der Waals surface area contributed by atoms with Crippen LogP contribution in [0.2, 0.25) is 10.0 Å². The number of aryl methyl sites for hydroxylation is 1. The molecule has 112 valence electrons. The van der Waals surface area contributed by atoms with E-state index < -0.39 is 0 Å². The number of halogens is 2. The first-order valence-electron chi connectivity index (χ1n) is 6.95. The summed E-state index contributed by atoms with van der Waals surface area (Å²) in [5.74, 6) is 0.894. The summed E-state index contributed by atoms with van der Waals surface area (Å²) in [6.07, 6.45) is 0. The van der Waals surface area contributed by atoms with Gasteiger partial charge in [0.15, 0.2) is 0 Å². The fourth-order valence-electron chi connectivity index (χ4n) is 2.01. The maximum absolute atomic E-state index is 6.07. The topological polar surface area (TPSA) is 0 Å². The monoisotopic (exact) mass is 338 g/mol. The Labute approximate surface area is 141 Å². The van der Waals surface area contributed by atoms with Gasteiger partial charge in [-0.1, -0.05) is 62.2 Å². The van der Waals surface area contributed by atoms with Crippen molar-refractivity contribution >= 4 is 35.0 Å². The molecule has 0 aliphatic rings. The summed E-state index contributed by atoms with van der Waals surface area (Å²) < 4.78 is 0. The van der Waals surface area contributed by atoms with Crippen LogP contribution in [0.1, 0.15) is 37.5 Å². The zero-order chi connectivity index (χ0) is 15.6. The minimum Gasteiger partial charge on any atom is -0.121 e. The third-order valence-electron chi connectivity index (χ3n) is 3.43. The fourth-order valence-corrected chi connectivity index (χ4v) is 3.34. The zero-order valence-corrected chi connectivity index (χ0v) is 15.2. The van der Waals surface area contributed by atoms with Crippen LogP contribution in [0.25, 0.3) is 0 Å². The van der Waals surface area contributed by atoms with Crippen molar-refractivity contribution in [2.75, 3.05) is 0 Å². The Balaban J connectivity index is 2.17. The molecule has 3 heteroatoms. The summed E-state index contributed by atoms with van der Waals surface area (Å²) >= 11 is 13.9. The molecular formula is C18H20Cl2S. The van der Waals surface area contributed by atoms with Gasteiger partial charge in [0.2, 0.25) is 0 Å². The van der Waals surface area contributed by atoms with Crippen LogP contribution in [-0.4, -0.2) is 0 Å². The smallest absolute Gasteiger partial charge is 0.0595 e. The van der Waals surface area contributed by atoms with Gasteiger partial charge >= 0.3 is 0 Å². The molecule has 0 fully saturated rings. The van der Waals surface area contributed by atoms with Gasteiger partial charge in [-0.25, -0.2) is 0 Å². The number of hydrogen-bond donors (Lipinski definition) is 0.